The Morgan fingerprint density at radius 3 is 2.67 bits per heavy atom. The summed E-state index contributed by atoms with van der Waals surface area (Å²) >= 11 is 0. The number of sulfonamides is 1. The van der Waals surface area contributed by atoms with Gasteiger partial charge in [0.25, 0.3) is 0 Å². The van der Waals surface area contributed by atoms with Gasteiger partial charge in [0.1, 0.15) is 17.6 Å². The van der Waals surface area contributed by atoms with Crippen molar-refractivity contribution in [1.29, 1.82) is 5.26 Å². The lowest BCUT2D eigenvalue weighted by molar-refractivity contribution is 0.328. The van der Waals surface area contributed by atoms with Gasteiger partial charge in [0, 0.05) is 26.7 Å². The first-order valence-electron chi connectivity index (χ1n) is 6.93. The number of anilines is 1. The second-order valence-electron chi connectivity index (χ2n) is 5.47. The molecule has 0 atom stereocenters. The molecule has 0 radical (unpaired) electrons. The molecule has 0 spiro atoms. The van der Waals surface area contributed by atoms with Crippen LogP contribution in [0.4, 0.5) is 5.82 Å². The standard InChI is InChI=1S/C14H20N4O2S/c1-17(21(2,19)20)11-12-6-8-18(9-7-12)14-5-3-4-13(10-15)16-14/h3-5,12H,6-9,11H2,1-2H3. The van der Waals surface area contributed by atoms with E-state index in [9.17, 15) is 8.42 Å². The Bertz CT molecular complexity index is 631. The molecule has 0 aliphatic carbocycles. The lowest BCUT2D eigenvalue weighted by atomic mass is 9.97. The molecular formula is C14H20N4O2S. The minimum Gasteiger partial charge on any atom is -0.357 e. The van der Waals surface area contributed by atoms with Crippen LogP contribution in [0.2, 0.25) is 0 Å². The zero-order valence-corrected chi connectivity index (χ0v) is 13.2. The number of nitrogens with zero attached hydrogens (tertiary/aromatic N) is 4. The van der Waals surface area contributed by atoms with E-state index in [1.165, 1.54) is 10.6 Å². The highest BCUT2D eigenvalue weighted by Gasteiger charge is 2.23. The lowest BCUT2D eigenvalue weighted by Crippen LogP contribution is -2.39. The van der Waals surface area contributed by atoms with Gasteiger partial charge in [-0.15, -0.1) is 0 Å². The zero-order chi connectivity index (χ0) is 15.5. The van der Waals surface area contributed by atoms with E-state index in [2.05, 4.69) is 9.88 Å². The topological polar surface area (TPSA) is 77.3 Å². The number of hydrogen-bond donors (Lipinski definition) is 0. The maximum Gasteiger partial charge on any atom is 0.210 e. The molecule has 114 valence electrons. The summed E-state index contributed by atoms with van der Waals surface area (Å²) in [6.45, 7) is 2.24. The van der Waals surface area contributed by atoms with Crippen LogP contribution in [0.1, 0.15) is 18.5 Å². The van der Waals surface area contributed by atoms with Crippen molar-refractivity contribution in [2.45, 2.75) is 12.8 Å². The molecule has 1 aliphatic heterocycles. The summed E-state index contributed by atoms with van der Waals surface area (Å²) in [4.78, 5) is 6.45. The highest BCUT2D eigenvalue weighted by Crippen LogP contribution is 2.23. The van der Waals surface area contributed by atoms with Gasteiger partial charge in [0.15, 0.2) is 0 Å². The van der Waals surface area contributed by atoms with E-state index in [1.807, 2.05) is 18.2 Å². The SMILES string of the molecule is CN(CC1CCN(c2cccc(C#N)n2)CC1)S(C)(=O)=O. The normalized spacial score (nSPS) is 17.0. The average molecular weight is 308 g/mol. The Balaban J connectivity index is 1.93. The average Bonchev–Trinajstić information content (AvgIpc) is 2.47. The number of rotatable bonds is 4. The Labute approximate surface area is 126 Å². The molecule has 2 heterocycles. The molecular weight excluding hydrogens is 288 g/mol. The van der Waals surface area contributed by atoms with E-state index in [4.69, 9.17) is 5.26 Å². The maximum absolute atomic E-state index is 11.4. The molecule has 0 unspecified atom stereocenters. The van der Waals surface area contributed by atoms with Crippen LogP contribution in [0.5, 0.6) is 0 Å². The molecule has 0 aromatic carbocycles. The molecule has 1 saturated heterocycles. The van der Waals surface area contributed by atoms with E-state index >= 15 is 0 Å². The van der Waals surface area contributed by atoms with Gasteiger partial charge in [-0.1, -0.05) is 6.07 Å². The largest absolute Gasteiger partial charge is 0.357 e. The lowest BCUT2D eigenvalue weighted by Gasteiger charge is -2.34. The summed E-state index contributed by atoms with van der Waals surface area (Å²) in [5, 5.41) is 8.88. The van der Waals surface area contributed by atoms with Crippen LogP contribution < -0.4 is 4.90 Å². The maximum atomic E-state index is 11.4. The predicted octanol–water partition coefficient (Wildman–Crippen LogP) is 1.06. The van der Waals surface area contributed by atoms with Crippen molar-refractivity contribution in [3.05, 3.63) is 23.9 Å². The van der Waals surface area contributed by atoms with Crippen molar-refractivity contribution in [3.63, 3.8) is 0 Å². The molecule has 0 amide bonds. The first kappa shape index (κ1) is 15.7. The molecule has 7 heteroatoms. The Kier molecular flexibility index (Phi) is 4.80. The van der Waals surface area contributed by atoms with Gasteiger partial charge in [-0.2, -0.15) is 5.26 Å². The van der Waals surface area contributed by atoms with Crippen molar-refractivity contribution in [1.82, 2.24) is 9.29 Å². The van der Waals surface area contributed by atoms with Crippen molar-refractivity contribution in [3.8, 4) is 6.07 Å². The second kappa shape index (κ2) is 6.41. The molecule has 1 aromatic rings. The van der Waals surface area contributed by atoms with Crippen molar-refractivity contribution >= 4 is 15.8 Å². The van der Waals surface area contributed by atoms with E-state index < -0.39 is 10.0 Å². The van der Waals surface area contributed by atoms with Gasteiger partial charge in [0.2, 0.25) is 10.0 Å². The van der Waals surface area contributed by atoms with Gasteiger partial charge in [-0.25, -0.2) is 17.7 Å². The second-order valence-corrected chi connectivity index (χ2v) is 7.56. The van der Waals surface area contributed by atoms with Crippen LogP contribution in [-0.2, 0) is 10.0 Å². The van der Waals surface area contributed by atoms with Crippen molar-refractivity contribution in [2.75, 3.05) is 37.8 Å². The summed E-state index contributed by atoms with van der Waals surface area (Å²) in [6, 6.07) is 7.48. The minimum atomic E-state index is -3.11. The van der Waals surface area contributed by atoms with Crippen LogP contribution in [0, 0.1) is 17.2 Å². The van der Waals surface area contributed by atoms with E-state index in [0.29, 0.717) is 18.2 Å². The molecule has 1 fully saturated rings. The zero-order valence-electron chi connectivity index (χ0n) is 12.4. The summed E-state index contributed by atoms with van der Waals surface area (Å²) in [5.74, 6) is 1.20. The summed E-state index contributed by atoms with van der Waals surface area (Å²) < 4.78 is 24.3. The first-order chi connectivity index (χ1) is 9.90. The summed E-state index contributed by atoms with van der Waals surface area (Å²) in [6.07, 6.45) is 3.09. The number of aromatic nitrogens is 1. The third-order valence-corrected chi connectivity index (χ3v) is 5.15. The van der Waals surface area contributed by atoms with Crippen LogP contribution in [0.25, 0.3) is 0 Å². The highest BCUT2D eigenvalue weighted by atomic mass is 32.2. The van der Waals surface area contributed by atoms with E-state index in [0.717, 1.165) is 31.7 Å². The number of hydrogen-bond acceptors (Lipinski definition) is 5. The predicted molar refractivity (Wildman–Crippen MR) is 81.4 cm³/mol. The van der Waals surface area contributed by atoms with Crippen molar-refractivity contribution in [2.24, 2.45) is 5.92 Å². The Morgan fingerprint density at radius 1 is 1.43 bits per heavy atom. The molecule has 21 heavy (non-hydrogen) atoms. The quantitative estimate of drug-likeness (QED) is 0.831. The number of nitriles is 1. The monoisotopic (exact) mass is 308 g/mol. The van der Waals surface area contributed by atoms with Gasteiger partial charge in [-0.05, 0) is 30.9 Å². The molecule has 2 rings (SSSR count). The molecule has 0 saturated carbocycles. The summed E-state index contributed by atoms with van der Waals surface area (Å²) in [7, 11) is -1.48. The fourth-order valence-electron chi connectivity index (χ4n) is 2.51. The molecule has 0 N–H and O–H groups in total. The number of piperidine rings is 1. The molecule has 1 aliphatic rings. The van der Waals surface area contributed by atoms with Crippen LogP contribution in [-0.4, -0.2) is 50.6 Å². The third-order valence-electron chi connectivity index (χ3n) is 3.87. The van der Waals surface area contributed by atoms with Crippen molar-refractivity contribution < 1.29 is 8.42 Å². The van der Waals surface area contributed by atoms with Gasteiger partial charge in [-0.3, -0.25) is 0 Å². The molecule has 1 aromatic heterocycles. The third kappa shape index (κ3) is 4.16. The van der Waals surface area contributed by atoms with Gasteiger partial charge >= 0.3 is 0 Å². The van der Waals surface area contributed by atoms with Crippen LogP contribution >= 0.6 is 0 Å². The van der Waals surface area contributed by atoms with Crippen LogP contribution in [0.3, 0.4) is 0 Å². The summed E-state index contributed by atoms with van der Waals surface area (Å²) in [5.41, 5.74) is 0.423. The van der Waals surface area contributed by atoms with Crippen LogP contribution in [0.15, 0.2) is 18.2 Å². The molecule has 6 nitrogen and oxygen atoms in total. The van der Waals surface area contributed by atoms with Gasteiger partial charge in [0.05, 0.1) is 6.26 Å². The van der Waals surface area contributed by atoms with E-state index in [1.54, 1.807) is 13.1 Å². The Hall–Kier alpha value is -1.65. The number of pyridine rings is 1. The van der Waals surface area contributed by atoms with E-state index in [-0.39, 0.29) is 0 Å². The van der Waals surface area contributed by atoms with Gasteiger partial charge < -0.3 is 4.90 Å². The fraction of sp³-hybridized carbons (Fsp3) is 0.571. The molecule has 0 bridgehead atoms. The smallest absolute Gasteiger partial charge is 0.210 e. The Morgan fingerprint density at radius 2 is 2.10 bits per heavy atom. The minimum absolute atomic E-state index is 0.375. The first-order valence-corrected chi connectivity index (χ1v) is 8.78. The highest BCUT2D eigenvalue weighted by molar-refractivity contribution is 7.88. The fourth-order valence-corrected chi connectivity index (χ4v) is 2.99.